The summed E-state index contributed by atoms with van der Waals surface area (Å²) in [5.74, 6) is -2.19. The normalized spacial score (nSPS) is 12.1. The van der Waals surface area contributed by atoms with Crippen molar-refractivity contribution in [3.8, 4) is 0 Å². The SMILES string of the molecule is O=C(O)C(Cc1cncc(F)c1)c1ccc(Cl)cc1. The Hall–Kier alpha value is -1.94. The molecule has 1 N–H and O–H groups in total. The zero-order chi connectivity index (χ0) is 13.8. The number of carboxylic acid groups (broad SMARTS) is 1. The number of benzene rings is 1. The fourth-order valence-electron chi connectivity index (χ4n) is 1.85. The third-order valence-corrected chi connectivity index (χ3v) is 3.02. The Morgan fingerprint density at radius 2 is 2.00 bits per heavy atom. The van der Waals surface area contributed by atoms with E-state index in [9.17, 15) is 14.3 Å². The maximum Gasteiger partial charge on any atom is 0.311 e. The molecule has 2 rings (SSSR count). The van der Waals surface area contributed by atoms with Crippen LogP contribution in [0.5, 0.6) is 0 Å². The second-order valence-corrected chi connectivity index (χ2v) is 4.59. The summed E-state index contributed by atoms with van der Waals surface area (Å²) in [6, 6.07) is 7.88. The molecule has 1 unspecified atom stereocenters. The molecule has 1 aromatic carbocycles. The van der Waals surface area contributed by atoms with Gasteiger partial charge in [-0.3, -0.25) is 9.78 Å². The molecule has 2 aromatic rings. The summed E-state index contributed by atoms with van der Waals surface area (Å²) in [6.07, 6.45) is 2.73. The van der Waals surface area contributed by atoms with E-state index in [2.05, 4.69) is 4.98 Å². The van der Waals surface area contributed by atoms with Crippen LogP contribution in [0.3, 0.4) is 0 Å². The molecule has 1 aromatic heterocycles. The van der Waals surface area contributed by atoms with Gasteiger partial charge in [-0.2, -0.15) is 0 Å². The van der Waals surface area contributed by atoms with E-state index in [1.165, 1.54) is 12.3 Å². The van der Waals surface area contributed by atoms with Crippen LogP contribution >= 0.6 is 11.6 Å². The Morgan fingerprint density at radius 3 is 2.58 bits per heavy atom. The fraction of sp³-hybridized carbons (Fsp3) is 0.143. The standard InChI is InChI=1S/C14H11ClFNO2/c15-11-3-1-10(2-4-11)13(14(18)19)6-9-5-12(16)8-17-7-9/h1-5,7-8,13H,6H2,(H,18,19). The molecule has 0 radical (unpaired) electrons. The molecular weight excluding hydrogens is 269 g/mol. The number of hydrogen-bond donors (Lipinski definition) is 1. The van der Waals surface area contributed by atoms with Gasteiger partial charge in [0, 0.05) is 11.2 Å². The van der Waals surface area contributed by atoms with Gasteiger partial charge in [-0.25, -0.2) is 4.39 Å². The number of rotatable bonds is 4. The van der Waals surface area contributed by atoms with Gasteiger partial charge in [0.05, 0.1) is 12.1 Å². The number of carboxylic acids is 1. The lowest BCUT2D eigenvalue weighted by molar-refractivity contribution is -0.138. The second kappa shape index (κ2) is 5.80. The van der Waals surface area contributed by atoms with Crippen LogP contribution in [0.4, 0.5) is 4.39 Å². The maximum absolute atomic E-state index is 13.0. The number of pyridine rings is 1. The van der Waals surface area contributed by atoms with Crippen molar-refractivity contribution in [1.82, 2.24) is 4.98 Å². The van der Waals surface area contributed by atoms with Crippen molar-refractivity contribution in [1.29, 1.82) is 0 Å². The smallest absolute Gasteiger partial charge is 0.311 e. The fourth-order valence-corrected chi connectivity index (χ4v) is 1.97. The highest BCUT2D eigenvalue weighted by Crippen LogP contribution is 2.23. The third-order valence-electron chi connectivity index (χ3n) is 2.77. The van der Waals surface area contributed by atoms with Gasteiger partial charge in [-0.15, -0.1) is 0 Å². The molecule has 0 saturated carbocycles. The molecule has 0 aliphatic heterocycles. The summed E-state index contributed by atoms with van der Waals surface area (Å²) < 4.78 is 13.0. The van der Waals surface area contributed by atoms with E-state index in [1.54, 1.807) is 24.3 Å². The second-order valence-electron chi connectivity index (χ2n) is 4.16. The van der Waals surface area contributed by atoms with Gasteiger partial charge in [0.15, 0.2) is 0 Å². The topological polar surface area (TPSA) is 50.2 Å². The number of hydrogen-bond acceptors (Lipinski definition) is 2. The van der Waals surface area contributed by atoms with Crippen molar-refractivity contribution in [3.63, 3.8) is 0 Å². The average molecular weight is 280 g/mol. The molecule has 3 nitrogen and oxygen atoms in total. The molecule has 0 aliphatic rings. The molecule has 1 atom stereocenters. The lowest BCUT2D eigenvalue weighted by Gasteiger charge is -2.12. The Morgan fingerprint density at radius 1 is 1.32 bits per heavy atom. The highest BCUT2D eigenvalue weighted by molar-refractivity contribution is 6.30. The molecular formula is C14H11ClFNO2. The first-order valence-corrected chi connectivity index (χ1v) is 6.02. The van der Waals surface area contributed by atoms with Gasteiger partial charge in [-0.05, 0) is 35.7 Å². The van der Waals surface area contributed by atoms with E-state index < -0.39 is 17.7 Å². The lowest BCUT2D eigenvalue weighted by Crippen LogP contribution is -2.14. The van der Waals surface area contributed by atoms with Crippen LogP contribution in [-0.2, 0) is 11.2 Å². The minimum absolute atomic E-state index is 0.182. The van der Waals surface area contributed by atoms with Crippen LogP contribution in [0.1, 0.15) is 17.0 Å². The Kier molecular flexibility index (Phi) is 4.12. The van der Waals surface area contributed by atoms with Crippen LogP contribution in [0.15, 0.2) is 42.7 Å². The highest BCUT2D eigenvalue weighted by atomic mass is 35.5. The van der Waals surface area contributed by atoms with E-state index in [0.717, 1.165) is 6.20 Å². The van der Waals surface area contributed by atoms with Crippen molar-refractivity contribution in [2.45, 2.75) is 12.3 Å². The molecule has 0 spiro atoms. The lowest BCUT2D eigenvalue weighted by atomic mass is 9.93. The largest absolute Gasteiger partial charge is 0.481 e. The van der Waals surface area contributed by atoms with Crippen molar-refractivity contribution in [2.24, 2.45) is 0 Å². The van der Waals surface area contributed by atoms with Crippen LogP contribution in [-0.4, -0.2) is 16.1 Å². The van der Waals surface area contributed by atoms with E-state index in [4.69, 9.17) is 11.6 Å². The molecule has 0 aliphatic carbocycles. The first kappa shape index (κ1) is 13.5. The molecule has 0 bridgehead atoms. The van der Waals surface area contributed by atoms with Gasteiger partial charge in [0.25, 0.3) is 0 Å². The summed E-state index contributed by atoms with van der Waals surface area (Å²) >= 11 is 5.77. The predicted molar refractivity (Wildman–Crippen MR) is 69.7 cm³/mol. The predicted octanol–water partition coefficient (Wildman–Crippen LogP) is 3.29. The van der Waals surface area contributed by atoms with E-state index in [0.29, 0.717) is 16.1 Å². The number of aromatic nitrogens is 1. The van der Waals surface area contributed by atoms with Crippen molar-refractivity contribution in [3.05, 3.63) is 64.7 Å². The van der Waals surface area contributed by atoms with Crippen LogP contribution in [0.25, 0.3) is 0 Å². The van der Waals surface area contributed by atoms with Crippen molar-refractivity contribution >= 4 is 17.6 Å². The number of halogens is 2. The van der Waals surface area contributed by atoms with Crippen LogP contribution < -0.4 is 0 Å². The quantitative estimate of drug-likeness (QED) is 0.934. The third kappa shape index (κ3) is 3.51. The number of carbonyl (C=O) groups is 1. The molecule has 19 heavy (non-hydrogen) atoms. The van der Waals surface area contributed by atoms with E-state index >= 15 is 0 Å². The van der Waals surface area contributed by atoms with E-state index in [-0.39, 0.29) is 6.42 Å². The minimum Gasteiger partial charge on any atom is -0.481 e. The van der Waals surface area contributed by atoms with Gasteiger partial charge < -0.3 is 5.11 Å². The molecule has 0 amide bonds. The first-order valence-electron chi connectivity index (χ1n) is 5.64. The van der Waals surface area contributed by atoms with Gasteiger partial charge in [0.1, 0.15) is 5.82 Å². The summed E-state index contributed by atoms with van der Waals surface area (Å²) in [4.78, 5) is 15.0. The maximum atomic E-state index is 13.0. The zero-order valence-electron chi connectivity index (χ0n) is 9.88. The summed E-state index contributed by atoms with van der Waals surface area (Å²) in [5.41, 5.74) is 1.17. The van der Waals surface area contributed by atoms with Crippen LogP contribution in [0.2, 0.25) is 5.02 Å². The molecule has 1 heterocycles. The van der Waals surface area contributed by atoms with Gasteiger partial charge in [-0.1, -0.05) is 23.7 Å². The minimum atomic E-state index is -0.966. The summed E-state index contributed by atoms with van der Waals surface area (Å²) in [5, 5.41) is 9.82. The highest BCUT2D eigenvalue weighted by Gasteiger charge is 2.20. The van der Waals surface area contributed by atoms with Gasteiger partial charge >= 0.3 is 5.97 Å². The van der Waals surface area contributed by atoms with Gasteiger partial charge in [0.2, 0.25) is 0 Å². The van der Waals surface area contributed by atoms with Crippen molar-refractivity contribution in [2.75, 3.05) is 0 Å². The Labute approximate surface area is 114 Å². The molecule has 0 saturated heterocycles. The monoisotopic (exact) mass is 279 g/mol. The Bertz CT molecular complexity index is 586. The molecule has 0 fully saturated rings. The average Bonchev–Trinajstić information content (AvgIpc) is 2.37. The zero-order valence-corrected chi connectivity index (χ0v) is 10.6. The van der Waals surface area contributed by atoms with Crippen molar-refractivity contribution < 1.29 is 14.3 Å². The summed E-state index contributed by atoms with van der Waals surface area (Å²) in [7, 11) is 0. The van der Waals surface area contributed by atoms with E-state index in [1.807, 2.05) is 0 Å². The number of aliphatic carboxylic acids is 1. The first-order chi connectivity index (χ1) is 9.06. The molecule has 98 valence electrons. The van der Waals surface area contributed by atoms with Crippen LogP contribution in [0, 0.1) is 5.82 Å². The molecule has 5 heteroatoms. The number of nitrogens with zero attached hydrogens (tertiary/aromatic N) is 1. The summed E-state index contributed by atoms with van der Waals surface area (Å²) in [6.45, 7) is 0. The Balaban J connectivity index is 2.26.